The second-order valence-electron chi connectivity index (χ2n) is 10.5. The van der Waals surface area contributed by atoms with Gasteiger partial charge in [-0.1, -0.05) is 53.7 Å². The first-order valence-electron chi connectivity index (χ1n) is 10.8. The first-order chi connectivity index (χ1) is 12.3. The van der Waals surface area contributed by atoms with Crippen LogP contribution in [0, 0.1) is 11.8 Å². The van der Waals surface area contributed by atoms with Crippen molar-refractivity contribution >= 4 is 14.1 Å². The Balaban J connectivity index is 2.83. The molecule has 0 spiro atoms. The zero-order chi connectivity index (χ0) is 20.8. The maximum Gasteiger partial charge on any atom is 0.192 e. The molecule has 0 radical (unpaired) electrons. The quantitative estimate of drug-likeness (QED) is 0.328. The lowest BCUT2D eigenvalue weighted by Gasteiger charge is -2.41. The molecule has 0 unspecified atom stereocenters. The van der Waals surface area contributed by atoms with Gasteiger partial charge in [0.25, 0.3) is 0 Å². The number of hydrogen-bond donors (Lipinski definition) is 0. The fourth-order valence-corrected chi connectivity index (χ4v) is 4.56. The van der Waals surface area contributed by atoms with Gasteiger partial charge < -0.3 is 9.16 Å². The molecule has 1 aliphatic heterocycles. The van der Waals surface area contributed by atoms with E-state index in [4.69, 9.17) is 9.16 Å². The summed E-state index contributed by atoms with van der Waals surface area (Å²) in [5.74, 6) is 1.33. The van der Waals surface area contributed by atoms with Gasteiger partial charge in [0.05, 0.1) is 18.3 Å². The summed E-state index contributed by atoms with van der Waals surface area (Å²) in [5, 5.41) is 0.191. The molecule has 0 aromatic carbocycles. The Kier molecular flexibility index (Phi) is 9.43. The van der Waals surface area contributed by atoms with Crippen LogP contribution in [0.1, 0.15) is 80.6 Å². The van der Waals surface area contributed by atoms with Crippen LogP contribution in [0.5, 0.6) is 0 Å². The summed E-state index contributed by atoms with van der Waals surface area (Å²) in [7, 11) is -1.85. The Labute approximate surface area is 169 Å². The van der Waals surface area contributed by atoms with Crippen LogP contribution >= 0.6 is 0 Å². The molecule has 1 rings (SSSR count). The SMILES string of the molecule is CC(=O)C[C@H]1O[C@H](C[C@H](/C=C\CC(C)C)O[Si](C)(C)C(C)(C)C)CC[C@@H]1C. The minimum atomic E-state index is -1.85. The Morgan fingerprint density at radius 1 is 1.26 bits per heavy atom. The van der Waals surface area contributed by atoms with Gasteiger partial charge in [0.2, 0.25) is 0 Å². The summed E-state index contributed by atoms with van der Waals surface area (Å²) in [4.78, 5) is 11.6. The lowest BCUT2D eigenvalue weighted by Crippen LogP contribution is -2.45. The molecule has 27 heavy (non-hydrogen) atoms. The van der Waals surface area contributed by atoms with Crippen molar-refractivity contribution in [3.63, 3.8) is 0 Å². The van der Waals surface area contributed by atoms with Gasteiger partial charge >= 0.3 is 0 Å². The van der Waals surface area contributed by atoms with E-state index in [2.05, 4.69) is 66.8 Å². The van der Waals surface area contributed by atoms with Crippen molar-refractivity contribution in [3.05, 3.63) is 12.2 Å². The zero-order valence-corrected chi connectivity index (χ0v) is 20.3. The van der Waals surface area contributed by atoms with Gasteiger partial charge in [0.15, 0.2) is 8.32 Å². The average Bonchev–Trinajstić information content (AvgIpc) is 2.48. The van der Waals surface area contributed by atoms with Gasteiger partial charge in [-0.2, -0.15) is 0 Å². The number of carbonyl (C=O) groups is 1. The van der Waals surface area contributed by atoms with Gasteiger partial charge in [0.1, 0.15) is 5.78 Å². The van der Waals surface area contributed by atoms with E-state index < -0.39 is 8.32 Å². The van der Waals surface area contributed by atoms with Crippen molar-refractivity contribution in [2.24, 2.45) is 11.8 Å². The van der Waals surface area contributed by atoms with E-state index in [9.17, 15) is 4.79 Å². The van der Waals surface area contributed by atoms with E-state index in [0.717, 1.165) is 25.7 Å². The Bertz CT molecular complexity index is 490. The summed E-state index contributed by atoms with van der Waals surface area (Å²) in [6.07, 6.45) is 9.59. The molecular formula is C23H44O3Si. The van der Waals surface area contributed by atoms with E-state index in [1.807, 2.05) is 0 Å². The first kappa shape index (κ1) is 24.6. The molecule has 1 saturated heterocycles. The summed E-state index contributed by atoms with van der Waals surface area (Å²) in [5.41, 5.74) is 0. The monoisotopic (exact) mass is 396 g/mol. The molecule has 0 aromatic rings. The number of allylic oxidation sites excluding steroid dienone is 1. The summed E-state index contributed by atoms with van der Waals surface area (Å²) >= 11 is 0. The molecule has 0 amide bonds. The maximum absolute atomic E-state index is 11.6. The van der Waals surface area contributed by atoms with Crippen LogP contribution in [0.25, 0.3) is 0 Å². The van der Waals surface area contributed by atoms with E-state index in [0.29, 0.717) is 18.3 Å². The zero-order valence-electron chi connectivity index (χ0n) is 19.3. The van der Waals surface area contributed by atoms with E-state index in [1.54, 1.807) is 6.92 Å². The normalized spacial score (nSPS) is 25.9. The van der Waals surface area contributed by atoms with Crippen LogP contribution in [0.4, 0.5) is 0 Å². The molecule has 0 aliphatic carbocycles. The second-order valence-corrected chi connectivity index (χ2v) is 15.2. The molecule has 1 fully saturated rings. The predicted octanol–water partition coefficient (Wildman–Crippen LogP) is 6.53. The lowest BCUT2D eigenvalue weighted by molar-refractivity contribution is -0.128. The molecule has 4 heteroatoms. The third kappa shape index (κ3) is 8.62. The van der Waals surface area contributed by atoms with Crippen LogP contribution in [0.15, 0.2) is 12.2 Å². The Morgan fingerprint density at radius 2 is 1.89 bits per heavy atom. The lowest BCUT2D eigenvalue weighted by atomic mass is 9.89. The predicted molar refractivity (Wildman–Crippen MR) is 118 cm³/mol. The molecule has 0 N–H and O–H groups in total. The summed E-state index contributed by atoms with van der Waals surface area (Å²) in [6, 6.07) is 0. The number of carbonyl (C=O) groups excluding carboxylic acids is 1. The van der Waals surface area contributed by atoms with Crippen molar-refractivity contribution in [3.8, 4) is 0 Å². The summed E-state index contributed by atoms with van der Waals surface area (Å²) < 4.78 is 13.1. The van der Waals surface area contributed by atoms with Crippen molar-refractivity contribution in [2.75, 3.05) is 0 Å². The van der Waals surface area contributed by atoms with E-state index in [-0.39, 0.29) is 29.1 Å². The van der Waals surface area contributed by atoms with Crippen molar-refractivity contribution in [1.82, 2.24) is 0 Å². The average molecular weight is 397 g/mol. The van der Waals surface area contributed by atoms with Crippen molar-refractivity contribution in [1.29, 1.82) is 0 Å². The molecular weight excluding hydrogens is 352 g/mol. The number of hydrogen-bond acceptors (Lipinski definition) is 3. The highest BCUT2D eigenvalue weighted by Crippen LogP contribution is 2.38. The number of rotatable bonds is 9. The third-order valence-electron chi connectivity index (χ3n) is 6.14. The highest BCUT2D eigenvalue weighted by molar-refractivity contribution is 6.74. The van der Waals surface area contributed by atoms with Crippen molar-refractivity contribution < 1.29 is 14.0 Å². The molecule has 1 heterocycles. The molecule has 0 saturated carbocycles. The molecule has 3 nitrogen and oxygen atoms in total. The number of ether oxygens (including phenoxy) is 1. The molecule has 1 aliphatic rings. The maximum atomic E-state index is 11.6. The molecule has 0 bridgehead atoms. The Morgan fingerprint density at radius 3 is 2.41 bits per heavy atom. The largest absolute Gasteiger partial charge is 0.410 e. The smallest absolute Gasteiger partial charge is 0.192 e. The second kappa shape index (κ2) is 10.4. The van der Waals surface area contributed by atoms with Crippen LogP contribution in [0.3, 0.4) is 0 Å². The molecule has 4 atom stereocenters. The van der Waals surface area contributed by atoms with Gasteiger partial charge in [-0.3, -0.25) is 4.79 Å². The van der Waals surface area contributed by atoms with E-state index >= 15 is 0 Å². The van der Waals surface area contributed by atoms with Gasteiger partial charge in [-0.15, -0.1) is 0 Å². The number of Topliss-reactive ketones (excluding diaryl/α,β-unsaturated/α-hetero) is 1. The highest BCUT2D eigenvalue weighted by atomic mass is 28.4. The topological polar surface area (TPSA) is 35.5 Å². The molecule has 158 valence electrons. The molecule has 0 aromatic heterocycles. The van der Waals surface area contributed by atoms with Crippen LogP contribution in [-0.4, -0.2) is 32.4 Å². The minimum absolute atomic E-state index is 0.0643. The number of ketones is 1. The van der Waals surface area contributed by atoms with Gasteiger partial charge in [-0.05, 0) is 56.2 Å². The van der Waals surface area contributed by atoms with Crippen LogP contribution in [0.2, 0.25) is 18.1 Å². The fourth-order valence-electron chi connectivity index (χ4n) is 3.27. The van der Waals surface area contributed by atoms with Gasteiger partial charge in [-0.25, -0.2) is 0 Å². The van der Waals surface area contributed by atoms with E-state index in [1.165, 1.54) is 0 Å². The van der Waals surface area contributed by atoms with Crippen LogP contribution < -0.4 is 0 Å². The highest BCUT2D eigenvalue weighted by Gasteiger charge is 2.39. The Hall–Kier alpha value is -0.453. The first-order valence-corrected chi connectivity index (χ1v) is 13.7. The van der Waals surface area contributed by atoms with Gasteiger partial charge in [0, 0.05) is 12.8 Å². The summed E-state index contributed by atoms with van der Waals surface area (Å²) in [6.45, 7) is 19.9. The minimum Gasteiger partial charge on any atom is -0.410 e. The standard InChI is InChI=1S/C23H44O3Si/c1-17(2)11-10-12-21(26-27(8,9)23(5,6)7)16-20-14-13-18(3)22(25-20)15-19(4)24/h10,12,17-18,20-22H,11,13-16H2,1-9H3/b12-10-/t18-,20-,21-,22+/m0/s1. The van der Waals surface area contributed by atoms with Crippen LogP contribution in [-0.2, 0) is 14.0 Å². The third-order valence-corrected chi connectivity index (χ3v) is 10.6. The fraction of sp³-hybridized carbons (Fsp3) is 0.870. The van der Waals surface area contributed by atoms with Crippen molar-refractivity contribution in [2.45, 2.75) is 117 Å².